The molecule has 1 aromatic rings. The second kappa shape index (κ2) is 4.57. The fraction of sp³-hybridized carbons (Fsp3) is 0.385. The molecular formula is C13H14O4. The molecule has 1 aromatic carbocycles. The maximum absolute atomic E-state index is 11.1. The van der Waals surface area contributed by atoms with Gasteiger partial charge >= 0.3 is 11.9 Å². The Morgan fingerprint density at radius 1 is 1.12 bits per heavy atom. The highest BCUT2D eigenvalue weighted by Crippen LogP contribution is 2.36. The standard InChI is InChI=1S/C13H14O4/c1-8(14)16-12-7-10-5-3-4-6-11(10)13(12)17-9(2)15/h3-6,12-13H,7H2,1-2H3/t12-,13+/m1/s1. The number of hydrogen-bond donors (Lipinski definition) is 0. The van der Waals surface area contributed by atoms with Crippen molar-refractivity contribution in [2.24, 2.45) is 0 Å². The summed E-state index contributed by atoms with van der Waals surface area (Å²) in [6.45, 7) is 2.71. The summed E-state index contributed by atoms with van der Waals surface area (Å²) in [4.78, 5) is 22.1. The van der Waals surface area contributed by atoms with Crippen LogP contribution in [-0.2, 0) is 25.5 Å². The molecule has 4 heteroatoms. The third kappa shape index (κ3) is 2.46. The SMILES string of the molecule is CC(=O)O[C@@H]1Cc2ccccc2[C@@H]1OC(C)=O. The molecule has 0 spiro atoms. The first-order chi connectivity index (χ1) is 8.08. The van der Waals surface area contributed by atoms with E-state index in [-0.39, 0.29) is 11.9 Å². The van der Waals surface area contributed by atoms with Crippen LogP contribution >= 0.6 is 0 Å². The molecule has 0 saturated carbocycles. The Kier molecular flexibility index (Phi) is 3.13. The first-order valence-electron chi connectivity index (χ1n) is 5.50. The highest BCUT2D eigenvalue weighted by atomic mass is 16.6. The van der Waals surface area contributed by atoms with Crippen LogP contribution in [0.2, 0.25) is 0 Å². The molecule has 0 saturated heterocycles. The van der Waals surface area contributed by atoms with Crippen LogP contribution in [0.25, 0.3) is 0 Å². The first kappa shape index (κ1) is 11.6. The van der Waals surface area contributed by atoms with Gasteiger partial charge in [-0.2, -0.15) is 0 Å². The van der Waals surface area contributed by atoms with Crippen LogP contribution in [0.1, 0.15) is 31.1 Å². The van der Waals surface area contributed by atoms with Crippen molar-refractivity contribution in [2.45, 2.75) is 32.5 Å². The number of esters is 2. The molecule has 1 aliphatic carbocycles. The van der Waals surface area contributed by atoms with Gasteiger partial charge in [0.25, 0.3) is 0 Å². The van der Waals surface area contributed by atoms with Crippen LogP contribution < -0.4 is 0 Å². The van der Waals surface area contributed by atoms with Crippen LogP contribution in [0.4, 0.5) is 0 Å². The van der Waals surface area contributed by atoms with Crippen LogP contribution in [0.5, 0.6) is 0 Å². The van der Waals surface area contributed by atoms with E-state index in [2.05, 4.69) is 0 Å². The lowest BCUT2D eigenvalue weighted by molar-refractivity contribution is -0.164. The summed E-state index contributed by atoms with van der Waals surface area (Å²) in [5.41, 5.74) is 1.99. The Balaban J connectivity index is 2.26. The number of fused-ring (bicyclic) bond motifs is 1. The number of hydrogen-bond acceptors (Lipinski definition) is 4. The van der Waals surface area contributed by atoms with E-state index in [1.54, 1.807) is 0 Å². The van der Waals surface area contributed by atoms with Gasteiger partial charge in [0, 0.05) is 20.3 Å². The van der Waals surface area contributed by atoms with E-state index in [9.17, 15) is 9.59 Å². The lowest BCUT2D eigenvalue weighted by Gasteiger charge is -2.19. The summed E-state index contributed by atoms with van der Waals surface area (Å²) in [5.74, 6) is -0.733. The number of carbonyl (C=O) groups excluding carboxylic acids is 2. The summed E-state index contributed by atoms with van der Waals surface area (Å²) < 4.78 is 10.4. The van der Waals surface area contributed by atoms with Crippen LogP contribution in [0, 0.1) is 0 Å². The normalized spacial score (nSPS) is 21.8. The van der Waals surface area contributed by atoms with Crippen molar-refractivity contribution in [3.05, 3.63) is 35.4 Å². The Hall–Kier alpha value is -1.84. The fourth-order valence-corrected chi connectivity index (χ4v) is 2.16. The third-order valence-corrected chi connectivity index (χ3v) is 2.73. The zero-order valence-corrected chi connectivity index (χ0v) is 9.80. The predicted octanol–water partition coefficient (Wildman–Crippen LogP) is 1.78. The van der Waals surface area contributed by atoms with E-state index < -0.39 is 12.2 Å². The van der Waals surface area contributed by atoms with Crippen LogP contribution in [-0.4, -0.2) is 18.0 Å². The molecule has 4 nitrogen and oxygen atoms in total. The minimum absolute atomic E-state index is 0.361. The van der Waals surface area contributed by atoms with Crippen molar-refractivity contribution in [1.29, 1.82) is 0 Å². The number of rotatable bonds is 2. The molecule has 17 heavy (non-hydrogen) atoms. The van der Waals surface area contributed by atoms with Gasteiger partial charge in [0.15, 0.2) is 6.10 Å². The summed E-state index contributed by atoms with van der Waals surface area (Å²) in [5, 5.41) is 0. The topological polar surface area (TPSA) is 52.6 Å². The Bertz CT molecular complexity index is 452. The molecule has 2 atom stereocenters. The number of benzene rings is 1. The lowest BCUT2D eigenvalue weighted by Crippen LogP contribution is -2.24. The van der Waals surface area contributed by atoms with E-state index in [0.717, 1.165) is 11.1 Å². The molecule has 0 heterocycles. The van der Waals surface area contributed by atoms with Crippen molar-refractivity contribution in [1.82, 2.24) is 0 Å². The van der Waals surface area contributed by atoms with Crippen LogP contribution in [0.3, 0.4) is 0 Å². The van der Waals surface area contributed by atoms with Gasteiger partial charge in [-0.3, -0.25) is 9.59 Å². The molecular weight excluding hydrogens is 220 g/mol. The molecule has 90 valence electrons. The zero-order chi connectivity index (χ0) is 12.4. The average molecular weight is 234 g/mol. The van der Waals surface area contributed by atoms with Gasteiger partial charge < -0.3 is 9.47 Å². The molecule has 0 amide bonds. The van der Waals surface area contributed by atoms with Gasteiger partial charge in [-0.25, -0.2) is 0 Å². The monoisotopic (exact) mass is 234 g/mol. The minimum atomic E-state index is -0.479. The van der Waals surface area contributed by atoms with Crippen molar-refractivity contribution in [2.75, 3.05) is 0 Å². The molecule has 0 N–H and O–H groups in total. The van der Waals surface area contributed by atoms with Gasteiger partial charge in [0.05, 0.1) is 0 Å². The largest absolute Gasteiger partial charge is 0.458 e. The van der Waals surface area contributed by atoms with Crippen molar-refractivity contribution >= 4 is 11.9 Å². The summed E-state index contributed by atoms with van der Waals surface area (Å²) in [6, 6.07) is 7.65. The highest BCUT2D eigenvalue weighted by Gasteiger charge is 2.36. The lowest BCUT2D eigenvalue weighted by atomic mass is 10.1. The van der Waals surface area contributed by atoms with Gasteiger partial charge in [-0.1, -0.05) is 24.3 Å². The van der Waals surface area contributed by atoms with Gasteiger partial charge in [-0.15, -0.1) is 0 Å². The molecule has 0 fully saturated rings. The smallest absolute Gasteiger partial charge is 0.303 e. The highest BCUT2D eigenvalue weighted by molar-refractivity contribution is 5.68. The maximum atomic E-state index is 11.1. The van der Waals surface area contributed by atoms with E-state index >= 15 is 0 Å². The van der Waals surface area contributed by atoms with Gasteiger partial charge in [0.1, 0.15) is 6.10 Å². The number of carbonyl (C=O) groups is 2. The van der Waals surface area contributed by atoms with E-state index in [0.29, 0.717) is 6.42 Å². The van der Waals surface area contributed by atoms with Crippen LogP contribution in [0.15, 0.2) is 24.3 Å². The van der Waals surface area contributed by atoms with Crippen molar-refractivity contribution in [3.8, 4) is 0 Å². The molecule has 0 radical (unpaired) electrons. The van der Waals surface area contributed by atoms with Gasteiger partial charge in [-0.05, 0) is 11.1 Å². The predicted molar refractivity (Wildman–Crippen MR) is 60.2 cm³/mol. The zero-order valence-electron chi connectivity index (χ0n) is 9.80. The third-order valence-electron chi connectivity index (χ3n) is 2.73. The van der Waals surface area contributed by atoms with Crippen molar-refractivity contribution in [3.63, 3.8) is 0 Å². The fourth-order valence-electron chi connectivity index (χ4n) is 2.16. The maximum Gasteiger partial charge on any atom is 0.303 e. The molecule has 2 rings (SSSR count). The Morgan fingerprint density at radius 2 is 1.76 bits per heavy atom. The molecule has 0 aromatic heterocycles. The van der Waals surface area contributed by atoms with Gasteiger partial charge in [0.2, 0.25) is 0 Å². The second-order valence-corrected chi connectivity index (χ2v) is 4.08. The Labute approximate surface area is 99.5 Å². The Morgan fingerprint density at radius 3 is 2.41 bits per heavy atom. The van der Waals surface area contributed by atoms with Crippen molar-refractivity contribution < 1.29 is 19.1 Å². The summed E-state index contributed by atoms with van der Waals surface area (Å²) in [6.07, 6.45) is -0.297. The summed E-state index contributed by atoms with van der Waals surface area (Å²) >= 11 is 0. The average Bonchev–Trinajstić information content (AvgIpc) is 2.55. The molecule has 1 aliphatic rings. The minimum Gasteiger partial charge on any atom is -0.458 e. The van der Waals surface area contributed by atoms with E-state index in [1.165, 1.54) is 13.8 Å². The summed E-state index contributed by atoms with van der Waals surface area (Å²) in [7, 11) is 0. The molecule has 0 unspecified atom stereocenters. The molecule has 0 bridgehead atoms. The second-order valence-electron chi connectivity index (χ2n) is 4.08. The quantitative estimate of drug-likeness (QED) is 0.732. The van der Waals surface area contributed by atoms with E-state index in [1.807, 2.05) is 24.3 Å². The first-order valence-corrected chi connectivity index (χ1v) is 5.50. The van der Waals surface area contributed by atoms with E-state index in [4.69, 9.17) is 9.47 Å². The molecule has 0 aliphatic heterocycles. The number of ether oxygens (including phenoxy) is 2.